The van der Waals surface area contributed by atoms with Crippen molar-refractivity contribution >= 4 is 5.91 Å². The molecule has 0 bridgehead atoms. The molecule has 3 N–H and O–H groups in total. The molecule has 2 unspecified atom stereocenters. The van der Waals surface area contributed by atoms with Crippen LogP contribution in [0.3, 0.4) is 0 Å². The Kier molecular flexibility index (Phi) is 3.91. The van der Waals surface area contributed by atoms with Gasteiger partial charge in [0.15, 0.2) is 0 Å². The number of pyridine rings is 1. The van der Waals surface area contributed by atoms with Crippen LogP contribution < -0.4 is 11.1 Å². The molecule has 0 aliphatic heterocycles. The van der Waals surface area contributed by atoms with Crippen molar-refractivity contribution in [2.75, 3.05) is 0 Å². The maximum absolute atomic E-state index is 12.0. The molecule has 19 heavy (non-hydrogen) atoms. The smallest absolute Gasteiger partial charge is 0.242 e. The second-order valence-corrected chi connectivity index (χ2v) is 4.44. The summed E-state index contributed by atoms with van der Waals surface area (Å²) in [4.78, 5) is 16.1. The molecular weight excluding hydrogens is 242 g/mol. The minimum Gasteiger partial charge on any atom is -0.348 e. The SMILES string of the molecule is CC(NC(=O)C(N)c1cnn(C)c1)c1cccnc1. The van der Waals surface area contributed by atoms with Crippen LogP contribution in [0.5, 0.6) is 0 Å². The molecule has 2 rings (SSSR count). The Morgan fingerprint density at radius 1 is 1.42 bits per heavy atom. The van der Waals surface area contributed by atoms with Gasteiger partial charge >= 0.3 is 0 Å². The quantitative estimate of drug-likeness (QED) is 0.846. The Hall–Kier alpha value is -2.21. The maximum Gasteiger partial charge on any atom is 0.242 e. The standard InChI is InChI=1S/C13H17N5O/c1-9(10-4-3-5-15-6-10)17-13(19)12(14)11-7-16-18(2)8-11/h3-9,12H,14H2,1-2H3,(H,17,19). The average molecular weight is 259 g/mol. The van der Waals surface area contributed by atoms with E-state index in [0.29, 0.717) is 5.56 Å². The molecule has 2 heterocycles. The predicted molar refractivity (Wildman–Crippen MR) is 70.9 cm³/mol. The molecule has 0 aromatic carbocycles. The van der Waals surface area contributed by atoms with Gasteiger partial charge in [0.05, 0.1) is 12.2 Å². The number of hydrogen-bond donors (Lipinski definition) is 2. The van der Waals surface area contributed by atoms with Crippen molar-refractivity contribution in [1.29, 1.82) is 0 Å². The largest absolute Gasteiger partial charge is 0.348 e. The van der Waals surface area contributed by atoms with E-state index >= 15 is 0 Å². The first kappa shape index (κ1) is 13.2. The molecule has 2 aromatic heterocycles. The van der Waals surface area contributed by atoms with E-state index in [1.54, 1.807) is 36.5 Å². The summed E-state index contributed by atoms with van der Waals surface area (Å²) in [5.41, 5.74) is 7.53. The molecule has 100 valence electrons. The molecule has 0 aliphatic rings. The van der Waals surface area contributed by atoms with Gasteiger partial charge in [0, 0.05) is 31.2 Å². The lowest BCUT2D eigenvalue weighted by Gasteiger charge is -2.16. The highest BCUT2D eigenvalue weighted by molar-refractivity contribution is 5.83. The number of nitrogens with two attached hydrogens (primary N) is 1. The Balaban J connectivity index is 2.01. The van der Waals surface area contributed by atoms with Gasteiger partial charge in [0.2, 0.25) is 5.91 Å². The second-order valence-electron chi connectivity index (χ2n) is 4.44. The Labute approximate surface area is 111 Å². The van der Waals surface area contributed by atoms with Gasteiger partial charge in [-0.05, 0) is 18.6 Å². The van der Waals surface area contributed by atoms with Crippen LogP contribution in [0, 0.1) is 0 Å². The zero-order chi connectivity index (χ0) is 13.8. The average Bonchev–Trinajstić information content (AvgIpc) is 2.85. The summed E-state index contributed by atoms with van der Waals surface area (Å²) in [5, 5.41) is 6.87. The van der Waals surface area contributed by atoms with Gasteiger partial charge in [-0.1, -0.05) is 6.07 Å². The summed E-state index contributed by atoms with van der Waals surface area (Å²) >= 11 is 0. The van der Waals surface area contributed by atoms with Crippen LogP contribution in [-0.4, -0.2) is 20.7 Å². The number of nitrogens with zero attached hydrogens (tertiary/aromatic N) is 3. The third-order valence-electron chi connectivity index (χ3n) is 2.91. The van der Waals surface area contributed by atoms with E-state index in [9.17, 15) is 4.79 Å². The van der Waals surface area contributed by atoms with Gasteiger partial charge < -0.3 is 11.1 Å². The van der Waals surface area contributed by atoms with Crippen LogP contribution in [0.4, 0.5) is 0 Å². The fourth-order valence-electron chi connectivity index (χ4n) is 1.77. The minimum atomic E-state index is -0.715. The van der Waals surface area contributed by atoms with E-state index in [1.807, 2.05) is 19.1 Å². The lowest BCUT2D eigenvalue weighted by atomic mass is 10.1. The summed E-state index contributed by atoms with van der Waals surface area (Å²) in [6.07, 6.45) is 6.75. The number of nitrogens with one attached hydrogen (secondary N) is 1. The number of rotatable bonds is 4. The number of carbonyl (C=O) groups is 1. The highest BCUT2D eigenvalue weighted by Gasteiger charge is 2.19. The molecule has 1 amide bonds. The fraction of sp³-hybridized carbons (Fsp3) is 0.308. The molecular formula is C13H17N5O. The van der Waals surface area contributed by atoms with Gasteiger partial charge in [-0.15, -0.1) is 0 Å². The number of carbonyl (C=O) groups excluding carboxylic acids is 1. The van der Waals surface area contributed by atoms with Gasteiger partial charge in [0.25, 0.3) is 0 Å². The van der Waals surface area contributed by atoms with Crippen LogP contribution in [-0.2, 0) is 11.8 Å². The number of amides is 1. The second kappa shape index (κ2) is 5.62. The van der Waals surface area contributed by atoms with E-state index in [1.165, 1.54) is 0 Å². The number of aryl methyl sites for hydroxylation is 1. The van der Waals surface area contributed by atoms with Crippen molar-refractivity contribution in [2.45, 2.75) is 19.0 Å². The number of hydrogen-bond acceptors (Lipinski definition) is 4. The summed E-state index contributed by atoms with van der Waals surface area (Å²) in [7, 11) is 1.78. The van der Waals surface area contributed by atoms with Gasteiger partial charge in [-0.2, -0.15) is 5.10 Å². The first-order valence-electron chi connectivity index (χ1n) is 6.02. The van der Waals surface area contributed by atoms with Gasteiger partial charge in [-0.25, -0.2) is 0 Å². The van der Waals surface area contributed by atoms with Crippen molar-refractivity contribution in [3.05, 3.63) is 48.0 Å². The fourth-order valence-corrected chi connectivity index (χ4v) is 1.77. The Morgan fingerprint density at radius 3 is 2.79 bits per heavy atom. The highest BCUT2D eigenvalue weighted by atomic mass is 16.2. The molecule has 0 fully saturated rings. The topological polar surface area (TPSA) is 85.8 Å². The molecule has 0 spiro atoms. The highest BCUT2D eigenvalue weighted by Crippen LogP contribution is 2.13. The predicted octanol–water partition coefficient (Wildman–Crippen LogP) is 0.692. The lowest BCUT2D eigenvalue weighted by Crippen LogP contribution is -2.35. The zero-order valence-electron chi connectivity index (χ0n) is 10.9. The monoisotopic (exact) mass is 259 g/mol. The summed E-state index contributed by atoms with van der Waals surface area (Å²) in [5.74, 6) is -0.232. The maximum atomic E-state index is 12.0. The van der Waals surface area contributed by atoms with E-state index in [2.05, 4.69) is 15.4 Å². The minimum absolute atomic E-state index is 0.135. The molecule has 0 saturated heterocycles. The van der Waals surface area contributed by atoms with Crippen molar-refractivity contribution in [3.8, 4) is 0 Å². The summed E-state index contributed by atoms with van der Waals surface area (Å²) in [6.45, 7) is 1.89. The van der Waals surface area contributed by atoms with Gasteiger partial charge in [-0.3, -0.25) is 14.5 Å². The van der Waals surface area contributed by atoms with E-state index in [0.717, 1.165) is 5.56 Å². The Morgan fingerprint density at radius 2 is 2.21 bits per heavy atom. The summed E-state index contributed by atoms with van der Waals surface area (Å²) < 4.78 is 1.62. The summed E-state index contributed by atoms with van der Waals surface area (Å²) in [6, 6.07) is 2.89. The zero-order valence-corrected chi connectivity index (χ0v) is 10.9. The van der Waals surface area contributed by atoms with Crippen molar-refractivity contribution < 1.29 is 4.79 Å². The molecule has 6 heteroatoms. The Bertz CT molecular complexity index is 551. The molecule has 0 aliphatic carbocycles. The molecule has 2 atom stereocenters. The van der Waals surface area contributed by atoms with Crippen LogP contribution in [0.15, 0.2) is 36.9 Å². The van der Waals surface area contributed by atoms with Crippen molar-refractivity contribution in [2.24, 2.45) is 12.8 Å². The molecule has 2 aromatic rings. The van der Waals surface area contributed by atoms with Crippen LogP contribution in [0.25, 0.3) is 0 Å². The van der Waals surface area contributed by atoms with E-state index in [-0.39, 0.29) is 11.9 Å². The molecule has 0 saturated carbocycles. The van der Waals surface area contributed by atoms with Crippen LogP contribution in [0.1, 0.15) is 30.1 Å². The third kappa shape index (κ3) is 3.17. The normalized spacial score (nSPS) is 13.8. The first-order valence-corrected chi connectivity index (χ1v) is 6.02. The van der Waals surface area contributed by atoms with Crippen molar-refractivity contribution in [3.63, 3.8) is 0 Å². The lowest BCUT2D eigenvalue weighted by molar-refractivity contribution is -0.123. The first-order chi connectivity index (χ1) is 9.08. The molecule has 6 nitrogen and oxygen atoms in total. The van der Waals surface area contributed by atoms with Gasteiger partial charge in [0.1, 0.15) is 6.04 Å². The van der Waals surface area contributed by atoms with Crippen molar-refractivity contribution in [1.82, 2.24) is 20.1 Å². The van der Waals surface area contributed by atoms with E-state index < -0.39 is 6.04 Å². The third-order valence-corrected chi connectivity index (χ3v) is 2.91. The number of aromatic nitrogens is 3. The van der Waals surface area contributed by atoms with E-state index in [4.69, 9.17) is 5.73 Å². The van der Waals surface area contributed by atoms with Crippen LogP contribution in [0.2, 0.25) is 0 Å². The molecule has 0 radical (unpaired) electrons. The van der Waals surface area contributed by atoms with Crippen LogP contribution >= 0.6 is 0 Å².